The number of hydrogen-bond acceptors (Lipinski definition) is 1. The number of rotatable bonds is 2. The maximum atomic E-state index is 10.4. The van der Waals surface area contributed by atoms with E-state index in [2.05, 4.69) is 0 Å². The molecule has 0 aromatic carbocycles. The summed E-state index contributed by atoms with van der Waals surface area (Å²) in [5.74, 6) is -0.194. The molecule has 0 amide bonds. The van der Waals surface area contributed by atoms with Gasteiger partial charge in [0.05, 0.1) is 0 Å². The minimum atomic E-state index is -0.774. The SMILES string of the molecule is CC(C(=O)O)=C(C)C1CC1. The minimum Gasteiger partial charge on any atom is -0.478 e. The van der Waals surface area contributed by atoms with E-state index in [1.807, 2.05) is 6.92 Å². The van der Waals surface area contributed by atoms with Crippen LogP contribution in [0.25, 0.3) is 0 Å². The Balaban J connectivity index is 2.71. The van der Waals surface area contributed by atoms with Crippen LogP contribution in [-0.2, 0) is 4.79 Å². The van der Waals surface area contributed by atoms with E-state index in [1.54, 1.807) is 6.92 Å². The molecule has 1 saturated carbocycles. The maximum Gasteiger partial charge on any atom is 0.331 e. The first-order chi connectivity index (χ1) is 4.63. The Morgan fingerprint density at radius 1 is 1.40 bits per heavy atom. The van der Waals surface area contributed by atoms with Gasteiger partial charge < -0.3 is 5.11 Å². The summed E-state index contributed by atoms with van der Waals surface area (Å²) in [5, 5.41) is 8.57. The van der Waals surface area contributed by atoms with Gasteiger partial charge in [-0.05, 0) is 32.6 Å². The third-order valence-corrected chi connectivity index (χ3v) is 2.10. The molecule has 1 aliphatic rings. The molecule has 2 heteroatoms. The fraction of sp³-hybridized carbons (Fsp3) is 0.625. The standard InChI is InChI=1S/C8H12O2/c1-5(7-3-4-7)6(2)8(9)10/h7H,3-4H2,1-2H3,(H,9,10). The van der Waals surface area contributed by atoms with Crippen molar-refractivity contribution in [3.63, 3.8) is 0 Å². The molecule has 0 saturated heterocycles. The van der Waals surface area contributed by atoms with Crippen LogP contribution < -0.4 is 0 Å². The lowest BCUT2D eigenvalue weighted by Crippen LogP contribution is -2.00. The highest BCUT2D eigenvalue weighted by Crippen LogP contribution is 2.37. The molecule has 1 aliphatic carbocycles. The van der Waals surface area contributed by atoms with E-state index in [4.69, 9.17) is 5.11 Å². The van der Waals surface area contributed by atoms with Crippen LogP contribution in [-0.4, -0.2) is 11.1 Å². The summed E-state index contributed by atoms with van der Waals surface area (Å²) in [7, 11) is 0. The monoisotopic (exact) mass is 140 g/mol. The first-order valence-electron chi connectivity index (χ1n) is 3.53. The fourth-order valence-corrected chi connectivity index (χ4v) is 0.991. The van der Waals surface area contributed by atoms with Crippen molar-refractivity contribution in [2.45, 2.75) is 26.7 Å². The minimum absolute atomic E-state index is 0.530. The molecule has 0 spiro atoms. The zero-order chi connectivity index (χ0) is 7.72. The molecule has 0 unspecified atom stereocenters. The van der Waals surface area contributed by atoms with Gasteiger partial charge in [0.25, 0.3) is 0 Å². The molecule has 10 heavy (non-hydrogen) atoms. The number of carbonyl (C=O) groups is 1. The average Bonchev–Trinajstić information content (AvgIpc) is 2.65. The van der Waals surface area contributed by atoms with Crippen molar-refractivity contribution in [3.05, 3.63) is 11.1 Å². The lowest BCUT2D eigenvalue weighted by Gasteiger charge is -1.99. The van der Waals surface area contributed by atoms with Crippen LogP contribution in [0.4, 0.5) is 0 Å². The van der Waals surface area contributed by atoms with Crippen LogP contribution >= 0.6 is 0 Å². The van der Waals surface area contributed by atoms with Crippen LogP contribution in [0, 0.1) is 5.92 Å². The maximum absolute atomic E-state index is 10.4. The summed E-state index contributed by atoms with van der Waals surface area (Å²) in [4.78, 5) is 10.4. The van der Waals surface area contributed by atoms with E-state index >= 15 is 0 Å². The molecule has 56 valence electrons. The second-order valence-electron chi connectivity index (χ2n) is 2.89. The lowest BCUT2D eigenvalue weighted by atomic mass is 10.1. The van der Waals surface area contributed by atoms with Crippen molar-refractivity contribution in [1.82, 2.24) is 0 Å². The molecule has 0 radical (unpaired) electrons. The zero-order valence-electron chi connectivity index (χ0n) is 6.35. The predicted molar refractivity (Wildman–Crippen MR) is 38.7 cm³/mol. The van der Waals surface area contributed by atoms with Gasteiger partial charge in [-0.25, -0.2) is 4.79 Å². The Morgan fingerprint density at radius 3 is 2.20 bits per heavy atom. The third kappa shape index (κ3) is 1.38. The van der Waals surface area contributed by atoms with Crippen molar-refractivity contribution < 1.29 is 9.90 Å². The molecule has 0 aromatic heterocycles. The Kier molecular flexibility index (Phi) is 1.79. The molecule has 1 rings (SSSR count). The Bertz CT molecular complexity index is 187. The lowest BCUT2D eigenvalue weighted by molar-refractivity contribution is -0.132. The van der Waals surface area contributed by atoms with E-state index in [0.29, 0.717) is 11.5 Å². The summed E-state index contributed by atoms with van der Waals surface area (Å²) in [6.45, 7) is 3.59. The number of allylic oxidation sites excluding steroid dienone is 1. The molecule has 0 aromatic rings. The van der Waals surface area contributed by atoms with Crippen molar-refractivity contribution in [1.29, 1.82) is 0 Å². The summed E-state index contributed by atoms with van der Waals surface area (Å²) in [6.07, 6.45) is 2.35. The van der Waals surface area contributed by atoms with Crippen molar-refractivity contribution in [2.24, 2.45) is 5.92 Å². The van der Waals surface area contributed by atoms with Gasteiger partial charge in [-0.2, -0.15) is 0 Å². The van der Waals surface area contributed by atoms with E-state index in [0.717, 1.165) is 5.57 Å². The van der Waals surface area contributed by atoms with E-state index < -0.39 is 5.97 Å². The number of carboxylic acid groups (broad SMARTS) is 1. The predicted octanol–water partition coefficient (Wildman–Crippen LogP) is 1.82. The van der Waals surface area contributed by atoms with Crippen molar-refractivity contribution in [3.8, 4) is 0 Å². The first kappa shape index (κ1) is 7.32. The number of carboxylic acids is 1. The Labute approximate surface area is 60.6 Å². The van der Waals surface area contributed by atoms with Gasteiger partial charge in [0.15, 0.2) is 0 Å². The molecule has 1 N–H and O–H groups in total. The van der Waals surface area contributed by atoms with Crippen LogP contribution in [0.15, 0.2) is 11.1 Å². The Morgan fingerprint density at radius 2 is 1.90 bits per heavy atom. The Hall–Kier alpha value is -0.790. The van der Waals surface area contributed by atoms with Gasteiger partial charge in [-0.1, -0.05) is 5.57 Å². The van der Waals surface area contributed by atoms with Gasteiger partial charge in [0.2, 0.25) is 0 Å². The average molecular weight is 140 g/mol. The largest absolute Gasteiger partial charge is 0.478 e. The summed E-state index contributed by atoms with van der Waals surface area (Å²) in [6, 6.07) is 0. The third-order valence-electron chi connectivity index (χ3n) is 2.10. The summed E-state index contributed by atoms with van der Waals surface area (Å²) >= 11 is 0. The van der Waals surface area contributed by atoms with E-state index in [1.165, 1.54) is 12.8 Å². The fourth-order valence-electron chi connectivity index (χ4n) is 0.991. The second kappa shape index (κ2) is 2.45. The highest BCUT2D eigenvalue weighted by atomic mass is 16.4. The quantitative estimate of drug-likeness (QED) is 0.594. The smallest absolute Gasteiger partial charge is 0.331 e. The molecular weight excluding hydrogens is 128 g/mol. The summed E-state index contributed by atoms with van der Waals surface area (Å²) in [5.41, 5.74) is 1.59. The molecule has 1 fully saturated rings. The van der Waals surface area contributed by atoms with Crippen molar-refractivity contribution >= 4 is 5.97 Å². The second-order valence-corrected chi connectivity index (χ2v) is 2.89. The molecule has 0 bridgehead atoms. The van der Waals surface area contributed by atoms with E-state index in [9.17, 15) is 4.79 Å². The first-order valence-corrected chi connectivity index (χ1v) is 3.53. The van der Waals surface area contributed by atoms with Gasteiger partial charge in [-0.15, -0.1) is 0 Å². The van der Waals surface area contributed by atoms with E-state index in [-0.39, 0.29) is 0 Å². The summed E-state index contributed by atoms with van der Waals surface area (Å²) < 4.78 is 0. The molecule has 0 heterocycles. The van der Waals surface area contributed by atoms with Crippen LogP contribution in [0.5, 0.6) is 0 Å². The van der Waals surface area contributed by atoms with Gasteiger partial charge in [-0.3, -0.25) is 0 Å². The zero-order valence-corrected chi connectivity index (χ0v) is 6.35. The molecule has 0 aliphatic heterocycles. The number of aliphatic carboxylic acids is 1. The van der Waals surface area contributed by atoms with Crippen LogP contribution in [0.2, 0.25) is 0 Å². The van der Waals surface area contributed by atoms with Crippen LogP contribution in [0.3, 0.4) is 0 Å². The normalized spacial score (nSPS) is 20.2. The topological polar surface area (TPSA) is 37.3 Å². The van der Waals surface area contributed by atoms with Crippen molar-refractivity contribution in [2.75, 3.05) is 0 Å². The van der Waals surface area contributed by atoms with Gasteiger partial charge in [0, 0.05) is 5.57 Å². The molecule has 2 nitrogen and oxygen atoms in total. The van der Waals surface area contributed by atoms with Gasteiger partial charge in [0.1, 0.15) is 0 Å². The highest BCUT2D eigenvalue weighted by Gasteiger charge is 2.25. The molecular formula is C8H12O2. The van der Waals surface area contributed by atoms with Gasteiger partial charge >= 0.3 is 5.97 Å². The highest BCUT2D eigenvalue weighted by molar-refractivity contribution is 5.86. The van der Waals surface area contributed by atoms with Crippen LogP contribution in [0.1, 0.15) is 26.7 Å². The number of hydrogen-bond donors (Lipinski definition) is 1. The molecule has 0 atom stereocenters.